The average Bonchev–Trinajstić information content (AvgIpc) is 3.13. The van der Waals surface area contributed by atoms with Crippen LogP contribution in [0.4, 0.5) is 4.79 Å². The molecule has 1 aromatic heterocycles. The molecular weight excluding hydrogens is 406 g/mol. The molecule has 0 unspecified atom stereocenters. The van der Waals surface area contributed by atoms with Gasteiger partial charge < -0.3 is 24.7 Å². The molecule has 0 aliphatic heterocycles. The summed E-state index contributed by atoms with van der Waals surface area (Å²) in [6.07, 6.45) is 4.84. The number of amides is 2. The Kier molecular flexibility index (Phi) is 9.42. The monoisotopic (exact) mass is 445 g/mol. The Bertz CT molecular complexity index is 879. The quantitative estimate of drug-likeness (QED) is 0.507. The maximum absolute atomic E-state index is 12.6. The first-order valence-corrected chi connectivity index (χ1v) is 11.7. The summed E-state index contributed by atoms with van der Waals surface area (Å²) in [6.45, 7) is 13.2. The van der Waals surface area contributed by atoms with Gasteiger partial charge in [0.15, 0.2) is 6.61 Å². The van der Waals surface area contributed by atoms with E-state index in [9.17, 15) is 9.59 Å². The van der Waals surface area contributed by atoms with Crippen LogP contribution in [0.25, 0.3) is 10.9 Å². The normalized spacial score (nSPS) is 12.4. The van der Waals surface area contributed by atoms with Crippen LogP contribution < -0.4 is 10.1 Å². The maximum atomic E-state index is 12.6. The summed E-state index contributed by atoms with van der Waals surface area (Å²) < 4.78 is 11.3. The number of para-hydroxylation sites is 1. The number of benzene rings is 1. The second-order valence-corrected chi connectivity index (χ2v) is 9.12. The van der Waals surface area contributed by atoms with Gasteiger partial charge in [-0.2, -0.15) is 0 Å². The van der Waals surface area contributed by atoms with Gasteiger partial charge in [0.2, 0.25) is 0 Å². The van der Waals surface area contributed by atoms with Gasteiger partial charge in [-0.05, 0) is 58.1 Å². The molecule has 32 heavy (non-hydrogen) atoms. The number of hydrogen-bond donors (Lipinski definition) is 2. The molecule has 0 radical (unpaired) electrons. The number of carbonyl (C=O) groups is 2. The van der Waals surface area contributed by atoms with Gasteiger partial charge in [-0.25, -0.2) is 4.79 Å². The van der Waals surface area contributed by atoms with Crippen LogP contribution in [0.2, 0.25) is 0 Å². The largest absolute Gasteiger partial charge is 0.482 e. The summed E-state index contributed by atoms with van der Waals surface area (Å²) in [4.78, 5) is 29.9. The number of nitrogens with zero attached hydrogens (tertiary/aromatic N) is 1. The Hall–Kier alpha value is -2.70. The van der Waals surface area contributed by atoms with E-state index in [1.54, 1.807) is 0 Å². The van der Waals surface area contributed by atoms with E-state index in [1.165, 1.54) is 0 Å². The van der Waals surface area contributed by atoms with Gasteiger partial charge in [0.05, 0.1) is 5.52 Å². The zero-order chi connectivity index (χ0) is 23.7. The van der Waals surface area contributed by atoms with Crippen molar-refractivity contribution in [1.82, 2.24) is 15.2 Å². The molecule has 1 atom stereocenters. The first-order valence-electron chi connectivity index (χ1n) is 11.7. The molecular formula is C25H39N3O4. The van der Waals surface area contributed by atoms with E-state index >= 15 is 0 Å². The maximum Gasteiger partial charge on any atom is 0.407 e. The van der Waals surface area contributed by atoms with E-state index in [1.807, 2.05) is 57.0 Å². The topological polar surface area (TPSA) is 83.7 Å². The standard InChI is InChI=1S/C25H39N3O4/c1-7-13-28(14-8-2)22(29)17-31-21-12-10-11-20-18(16-26-23(20)21)15-19(9-3)27-24(30)32-25(4,5)6/h10-12,16,19,26H,7-9,13-15,17H2,1-6H3,(H,27,30)/t19-/m1/s1. The molecule has 7 heteroatoms. The van der Waals surface area contributed by atoms with Crippen molar-refractivity contribution in [2.24, 2.45) is 0 Å². The number of fused-ring (bicyclic) bond motifs is 1. The van der Waals surface area contributed by atoms with Gasteiger partial charge in [-0.3, -0.25) is 4.79 Å². The SMILES string of the molecule is CCCN(CCC)C(=O)COc1cccc2c(C[C@@H](CC)NC(=O)OC(C)(C)C)c[nH]c12. The van der Waals surface area contributed by atoms with E-state index in [0.29, 0.717) is 12.2 Å². The van der Waals surface area contributed by atoms with Crippen LogP contribution in [0, 0.1) is 0 Å². The summed E-state index contributed by atoms with van der Waals surface area (Å²) in [7, 11) is 0. The Morgan fingerprint density at radius 3 is 2.41 bits per heavy atom. The fraction of sp³-hybridized carbons (Fsp3) is 0.600. The minimum Gasteiger partial charge on any atom is -0.482 e. The lowest BCUT2D eigenvalue weighted by molar-refractivity contribution is -0.133. The molecule has 0 spiro atoms. The number of rotatable bonds is 11. The second-order valence-electron chi connectivity index (χ2n) is 9.12. The van der Waals surface area contributed by atoms with Gasteiger partial charge >= 0.3 is 6.09 Å². The van der Waals surface area contributed by atoms with Crippen molar-refractivity contribution < 1.29 is 19.1 Å². The number of hydrogen-bond acceptors (Lipinski definition) is 4. The Balaban J connectivity index is 2.08. The van der Waals surface area contributed by atoms with E-state index < -0.39 is 11.7 Å². The van der Waals surface area contributed by atoms with Crippen molar-refractivity contribution in [3.8, 4) is 5.75 Å². The van der Waals surface area contributed by atoms with Crippen molar-refractivity contribution in [1.29, 1.82) is 0 Å². The van der Waals surface area contributed by atoms with Gasteiger partial charge in [0.1, 0.15) is 11.4 Å². The molecule has 0 fully saturated rings. The molecule has 0 bridgehead atoms. The van der Waals surface area contributed by atoms with Crippen LogP contribution in [0.15, 0.2) is 24.4 Å². The van der Waals surface area contributed by atoms with E-state index in [0.717, 1.165) is 48.8 Å². The number of aromatic amines is 1. The predicted octanol–water partition coefficient (Wildman–Crippen LogP) is 5.04. The Morgan fingerprint density at radius 2 is 1.81 bits per heavy atom. The number of carbonyl (C=O) groups excluding carboxylic acids is 2. The van der Waals surface area contributed by atoms with Gasteiger partial charge in [-0.1, -0.05) is 32.9 Å². The van der Waals surface area contributed by atoms with Crippen molar-refractivity contribution in [2.45, 2.75) is 78.9 Å². The highest BCUT2D eigenvalue weighted by Crippen LogP contribution is 2.28. The fourth-order valence-electron chi connectivity index (χ4n) is 3.64. The number of ether oxygens (including phenoxy) is 2. The van der Waals surface area contributed by atoms with Crippen LogP contribution in [-0.2, 0) is 16.0 Å². The first-order chi connectivity index (χ1) is 15.2. The minimum absolute atomic E-state index is 0.00471. The summed E-state index contributed by atoms with van der Waals surface area (Å²) in [5.74, 6) is 0.660. The summed E-state index contributed by atoms with van der Waals surface area (Å²) in [5, 5.41) is 3.99. The molecule has 2 amide bonds. The third-order valence-corrected chi connectivity index (χ3v) is 5.13. The zero-order valence-corrected chi connectivity index (χ0v) is 20.4. The number of H-pyrrole nitrogens is 1. The highest BCUT2D eigenvalue weighted by molar-refractivity contribution is 5.89. The molecule has 0 saturated heterocycles. The van der Waals surface area contributed by atoms with Crippen LogP contribution >= 0.6 is 0 Å². The lowest BCUT2D eigenvalue weighted by Gasteiger charge is -2.23. The summed E-state index contributed by atoms with van der Waals surface area (Å²) in [6, 6.07) is 5.77. The third-order valence-electron chi connectivity index (χ3n) is 5.13. The molecule has 1 aromatic carbocycles. The first kappa shape index (κ1) is 25.6. The molecule has 0 aliphatic carbocycles. The molecule has 2 rings (SSSR count). The Labute approximate surface area is 191 Å². The van der Waals surface area contributed by atoms with Crippen LogP contribution in [-0.4, -0.2) is 53.2 Å². The van der Waals surface area contributed by atoms with Gasteiger partial charge in [0, 0.05) is 30.7 Å². The fourth-order valence-corrected chi connectivity index (χ4v) is 3.64. The van der Waals surface area contributed by atoms with Crippen molar-refractivity contribution >= 4 is 22.9 Å². The molecule has 2 aromatic rings. The van der Waals surface area contributed by atoms with Gasteiger partial charge in [-0.15, -0.1) is 0 Å². The van der Waals surface area contributed by atoms with Crippen LogP contribution in [0.5, 0.6) is 5.75 Å². The highest BCUT2D eigenvalue weighted by Gasteiger charge is 2.20. The molecule has 1 heterocycles. The lowest BCUT2D eigenvalue weighted by atomic mass is 10.0. The zero-order valence-electron chi connectivity index (χ0n) is 20.4. The minimum atomic E-state index is -0.531. The smallest absolute Gasteiger partial charge is 0.407 e. The number of alkyl carbamates (subject to hydrolysis) is 1. The van der Waals surface area contributed by atoms with Crippen LogP contribution in [0.3, 0.4) is 0 Å². The van der Waals surface area contributed by atoms with E-state index in [4.69, 9.17) is 9.47 Å². The molecule has 178 valence electrons. The lowest BCUT2D eigenvalue weighted by Crippen LogP contribution is -2.39. The average molecular weight is 446 g/mol. The number of aromatic nitrogens is 1. The van der Waals surface area contributed by atoms with E-state index in [2.05, 4.69) is 24.1 Å². The van der Waals surface area contributed by atoms with Crippen molar-refractivity contribution in [2.75, 3.05) is 19.7 Å². The van der Waals surface area contributed by atoms with Crippen molar-refractivity contribution in [3.05, 3.63) is 30.0 Å². The second kappa shape index (κ2) is 11.8. The van der Waals surface area contributed by atoms with Crippen LogP contribution in [0.1, 0.15) is 66.4 Å². The molecule has 0 aliphatic rings. The molecule has 2 N–H and O–H groups in total. The predicted molar refractivity (Wildman–Crippen MR) is 128 cm³/mol. The highest BCUT2D eigenvalue weighted by atomic mass is 16.6. The summed E-state index contributed by atoms with van der Waals surface area (Å²) in [5.41, 5.74) is 1.41. The van der Waals surface area contributed by atoms with Crippen molar-refractivity contribution in [3.63, 3.8) is 0 Å². The molecule has 7 nitrogen and oxygen atoms in total. The van der Waals surface area contributed by atoms with Gasteiger partial charge in [0.25, 0.3) is 5.91 Å². The van der Waals surface area contributed by atoms with E-state index in [-0.39, 0.29) is 18.6 Å². The molecule has 0 saturated carbocycles. The third kappa shape index (κ3) is 7.46. The number of nitrogens with one attached hydrogen (secondary N) is 2. The Morgan fingerprint density at radius 1 is 1.12 bits per heavy atom. The summed E-state index contributed by atoms with van der Waals surface area (Å²) >= 11 is 0.